The van der Waals surface area contributed by atoms with Gasteiger partial charge in [-0.05, 0) is 24.1 Å². The van der Waals surface area contributed by atoms with Crippen LogP contribution in [0.1, 0.15) is 20.1 Å². The number of carbonyl (C=O) groups is 2. The van der Waals surface area contributed by atoms with Crippen LogP contribution in [0.5, 0.6) is 0 Å². The van der Waals surface area contributed by atoms with E-state index in [2.05, 4.69) is 5.32 Å². The zero-order valence-electron chi connectivity index (χ0n) is 11.2. The van der Waals surface area contributed by atoms with Crippen molar-refractivity contribution in [2.24, 2.45) is 0 Å². The van der Waals surface area contributed by atoms with Crippen molar-refractivity contribution in [1.29, 1.82) is 0 Å². The van der Waals surface area contributed by atoms with Gasteiger partial charge in [-0.25, -0.2) is 9.59 Å². The van der Waals surface area contributed by atoms with Gasteiger partial charge in [0.2, 0.25) is 0 Å². The van der Waals surface area contributed by atoms with E-state index in [1.54, 1.807) is 12.1 Å². The minimum absolute atomic E-state index is 0.231. The van der Waals surface area contributed by atoms with Crippen molar-refractivity contribution in [1.82, 2.24) is 5.32 Å². The van der Waals surface area contributed by atoms with Crippen LogP contribution in [0.4, 0.5) is 4.79 Å². The number of hydrogen-bond donors (Lipinski definition) is 2. The second-order valence-corrected chi connectivity index (χ2v) is 5.48. The summed E-state index contributed by atoms with van der Waals surface area (Å²) < 4.78 is 5.07. The number of nitrogens with one attached hydrogen (secondary N) is 1. The Kier molecular flexibility index (Phi) is 5.34. The van der Waals surface area contributed by atoms with E-state index in [0.29, 0.717) is 17.8 Å². The molecule has 0 spiro atoms. The highest BCUT2D eigenvalue weighted by molar-refractivity contribution is 7.13. The molecule has 5 nitrogen and oxygen atoms in total. The first-order chi connectivity index (χ1) is 10.1. The average Bonchev–Trinajstić information content (AvgIpc) is 2.95. The molecule has 2 N–H and O–H groups in total. The molecule has 0 aliphatic carbocycles. The summed E-state index contributed by atoms with van der Waals surface area (Å²) in [4.78, 5) is 23.4. The number of carboxylic acid groups (broad SMARTS) is 1. The van der Waals surface area contributed by atoms with E-state index >= 15 is 0 Å². The zero-order valence-corrected chi connectivity index (χ0v) is 12.1. The third kappa shape index (κ3) is 4.92. The number of thiophene rings is 1. The fourth-order valence-corrected chi connectivity index (χ4v) is 2.54. The highest BCUT2D eigenvalue weighted by atomic mass is 32.1. The number of carbonyl (C=O) groups excluding carboxylic acids is 1. The molecule has 0 aliphatic rings. The Morgan fingerprint density at radius 1 is 1.14 bits per heavy atom. The first-order valence-electron chi connectivity index (χ1n) is 6.41. The molecule has 0 atom stereocenters. The van der Waals surface area contributed by atoms with E-state index in [9.17, 15) is 9.59 Å². The number of ether oxygens (including phenoxy) is 1. The lowest BCUT2D eigenvalue weighted by molar-refractivity contribution is 0.0702. The number of hydrogen-bond acceptors (Lipinski definition) is 4. The van der Waals surface area contributed by atoms with Gasteiger partial charge < -0.3 is 15.2 Å². The molecule has 2 rings (SSSR count). The van der Waals surface area contributed by atoms with Crippen molar-refractivity contribution < 1.29 is 19.4 Å². The average molecular weight is 305 g/mol. The van der Waals surface area contributed by atoms with Gasteiger partial charge in [0.15, 0.2) is 0 Å². The Labute approximate surface area is 126 Å². The highest BCUT2D eigenvalue weighted by Crippen LogP contribution is 2.16. The predicted molar refractivity (Wildman–Crippen MR) is 79.6 cm³/mol. The molecule has 0 radical (unpaired) electrons. The number of rotatable bonds is 6. The maximum absolute atomic E-state index is 11.5. The minimum atomic E-state index is -0.929. The number of amides is 1. The smallest absolute Gasteiger partial charge is 0.407 e. The summed E-state index contributed by atoms with van der Waals surface area (Å²) in [5, 5.41) is 11.4. The molecule has 1 amide bonds. The fraction of sp³-hybridized carbons (Fsp3) is 0.200. The summed E-state index contributed by atoms with van der Waals surface area (Å²) in [7, 11) is 0. The molecule has 1 aromatic carbocycles. The standard InChI is InChI=1S/C15H15NO4S/c17-14(18)13-7-6-12(21-13)8-9-16-15(19)20-10-11-4-2-1-3-5-11/h1-7H,8-10H2,(H,16,19)(H,17,18). The van der Waals surface area contributed by atoms with Crippen LogP contribution in [0, 0.1) is 0 Å². The van der Waals surface area contributed by atoms with Crippen LogP contribution in [-0.4, -0.2) is 23.7 Å². The summed E-state index contributed by atoms with van der Waals surface area (Å²) in [6.45, 7) is 0.641. The summed E-state index contributed by atoms with van der Waals surface area (Å²) >= 11 is 1.21. The first-order valence-corrected chi connectivity index (χ1v) is 7.23. The lowest BCUT2D eigenvalue weighted by Crippen LogP contribution is -2.26. The molecule has 6 heteroatoms. The van der Waals surface area contributed by atoms with Gasteiger partial charge in [0.25, 0.3) is 0 Å². The molecule has 0 saturated carbocycles. The van der Waals surface area contributed by atoms with Crippen molar-refractivity contribution in [3.8, 4) is 0 Å². The molecule has 0 saturated heterocycles. The third-order valence-electron chi connectivity index (χ3n) is 2.73. The largest absolute Gasteiger partial charge is 0.477 e. The van der Waals surface area contributed by atoms with Gasteiger partial charge in [-0.2, -0.15) is 0 Å². The molecular formula is C15H15NO4S. The van der Waals surface area contributed by atoms with Crippen LogP contribution in [0.15, 0.2) is 42.5 Å². The van der Waals surface area contributed by atoms with Crippen molar-refractivity contribution in [3.63, 3.8) is 0 Å². The summed E-state index contributed by atoms with van der Waals surface area (Å²) in [6, 6.07) is 12.7. The Morgan fingerprint density at radius 2 is 1.90 bits per heavy atom. The van der Waals surface area contributed by atoms with Gasteiger partial charge in [0, 0.05) is 11.4 Å². The zero-order chi connectivity index (χ0) is 15.1. The minimum Gasteiger partial charge on any atom is -0.477 e. The Hall–Kier alpha value is -2.34. The molecule has 0 unspecified atom stereocenters. The quantitative estimate of drug-likeness (QED) is 0.860. The SMILES string of the molecule is O=C(NCCc1ccc(C(=O)O)s1)OCc1ccccc1. The second kappa shape index (κ2) is 7.44. The molecule has 21 heavy (non-hydrogen) atoms. The monoisotopic (exact) mass is 305 g/mol. The second-order valence-electron chi connectivity index (χ2n) is 4.31. The molecule has 1 aromatic heterocycles. The number of benzene rings is 1. The topological polar surface area (TPSA) is 75.6 Å². The summed E-state index contributed by atoms with van der Waals surface area (Å²) in [6.07, 6.45) is 0.104. The van der Waals surface area contributed by atoms with Crippen molar-refractivity contribution in [2.45, 2.75) is 13.0 Å². The van der Waals surface area contributed by atoms with Gasteiger partial charge in [-0.3, -0.25) is 0 Å². The van der Waals surface area contributed by atoms with Crippen molar-refractivity contribution in [2.75, 3.05) is 6.54 Å². The highest BCUT2D eigenvalue weighted by Gasteiger charge is 2.07. The molecule has 0 bridgehead atoms. The molecule has 1 heterocycles. The number of carboxylic acids is 1. The predicted octanol–water partition coefficient (Wildman–Crippen LogP) is 2.92. The van der Waals surface area contributed by atoms with E-state index in [-0.39, 0.29) is 6.61 Å². The van der Waals surface area contributed by atoms with E-state index in [1.165, 1.54) is 11.3 Å². The fourth-order valence-electron chi connectivity index (χ4n) is 1.69. The molecule has 2 aromatic rings. The van der Waals surface area contributed by atoms with Crippen LogP contribution in [0.25, 0.3) is 0 Å². The van der Waals surface area contributed by atoms with Gasteiger partial charge in [0.1, 0.15) is 11.5 Å². The van der Waals surface area contributed by atoms with Gasteiger partial charge in [-0.15, -0.1) is 11.3 Å². The maximum Gasteiger partial charge on any atom is 0.407 e. The maximum atomic E-state index is 11.5. The van der Waals surface area contributed by atoms with E-state index in [0.717, 1.165) is 10.4 Å². The Bertz CT molecular complexity index is 609. The van der Waals surface area contributed by atoms with Crippen molar-refractivity contribution in [3.05, 3.63) is 57.8 Å². The van der Waals surface area contributed by atoms with Gasteiger partial charge in [-0.1, -0.05) is 30.3 Å². The van der Waals surface area contributed by atoms with Crippen LogP contribution in [-0.2, 0) is 17.8 Å². The molecular weight excluding hydrogens is 290 g/mol. The van der Waals surface area contributed by atoms with Gasteiger partial charge >= 0.3 is 12.1 Å². The Balaban J connectivity index is 1.68. The van der Waals surface area contributed by atoms with Crippen LogP contribution in [0.2, 0.25) is 0 Å². The van der Waals surface area contributed by atoms with E-state index in [4.69, 9.17) is 9.84 Å². The molecule has 0 fully saturated rings. The summed E-state index contributed by atoms with van der Waals surface area (Å²) in [5.74, 6) is -0.929. The number of aromatic carboxylic acids is 1. The van der Waals surface area contributed by atoms with Crippen molar-refractivity contribution >= 4 is 23.4 Å². The molecule has 0 aliphatic heterocycles. The van der Waals surface area contributed by atoms with E-state index < -0.39 is 12.1 Å². The van der Waals surface area contributed by atoms with Crippen LogP contribution >= 0.6 is 11.3 Å². The normalized spacial score (nSPS) is 10.1. The number of alkyl carbamates (subject to hydrolysis) is 1. The van der Waals surface area contributed by atoms with Crippen LogP contribution < -0.4 is 5.32 Å². The summed E-state index contributed by atoms with van der Waals surface area (Å²) in [5.41, 5.74) is 0.928. The van der Waals surface area contributed by atoms with Gasteiger partial charge in [0.05, 0.1) is 0 Å². The Morgan fingerprint density at radius 3 is 2.57 bits per heavy atom. The van der Waals surface area contributed by atoms with E-state index in [1.807, 2.05) is 30.3 Å². The van der Waals surface area contributed by atoms with Crippen LogP contribution in [0.3, 0.4) is 0 Å². The third-order valence-corrected chi connectivity index (χ3v) is 3.86. The first kappa shape index (κ1) is 15.1. The lowest BCUT2D eigenvalue weighted by Gasteiger charge is -2.06. The lowest BCUT2D eigenvalue weighted by atomic mass is 10.2. The molecule has 110 valence electrons.